The molecule has 1 saturated carbocycles. The Hall–Kier alpha value is -2.71. The Bertz CT molecular complexity index is 915. The minimum atomic E-state index is -4.64. The highest BCUT2D eigenvalue weighted by atomic mass is 19.4. The summed E-state index contributed by atoms with van der Waals surface area (Å²) in [5.74, 6) is -0.900. The van der Waals surface area contributed by atoms with Crippen molar-refractivity contribution in [2.45, 2.75) is 31.5 Å². The van der Waals surface area contributed by atoms with Crippen LogP contribution in [0.1, 0.15) is 36.7 Å². The molecule has 0 amide bonds. The molecule has 3 aromatic rings. The molecule has 1 atom stereocenters. The van der Waals surface area contributed by atoms with E-state index in [9.17, 15) is 17.6 Å². The van der Waals surface area contributed by atoms with Gasteiger partial charge in [-0.25, -0.2) is 4.39 Å². The predicted octanol–water partition coefficient (Wildman–Crippen LogP) is 4.24. The molecule has 0 spiro atoms. The lowest BCUT2D eigenvalue weighted by Crippen LogP contribution is -2.27. The molecule has 1 aliphatic carbocycles. The Morgan fingerprint density at radius 2 is 1.77 bits per heavy atom. The molecule has 1 unspecified atom stereocenters. The zero-order valence-corrected chi connectivity index (χ0v) is 13.5. The van der Waals surface area contributed by atoms with Crippen LogP contribution < -0.4 is 5.32 Å². The molecule has 1 N–H and O–H groups in total. The SMILES string of the molecule is Fc1ccc(C(Nc2ccc3nnc(C(F)(F)F)n3n2)C2CCC2)cc1. The highest BCUT2D eigenvalue weighted by Gasteiger charge is 2.38. The van der Waals surface area contributed by atoms with Gasteiger partial charge in [0.15, 0.2) is 5.65 Å². The maximum Gasteiger partial charge on any atom is 0.453 e. The Morgan fingerprint density at radius 1 is 1.04 bits per heavy atom. The molecule has 0 bridgehead atoms. The number of hydrogen-bond donors (Lipinski definition) is 1. The van der Waals surface area contributed by atoms with Gasteiger partial charge in [-0.2, -0.15) is 17.7 Å². The predicted molar refractivity (Wildman–Crippen MR) is 85.9 cm³/mol. The van der Waals surface area contributed by atoms with Crippen LogP contribution in [0.4, 0.5) is 23.4 Å². The van der Waals surface area contributed by atoms with E-state index in [1.165, 1.54) is 18.2 Å². The van der Waals surface area contributed by atoms with Crippen LogP contribution >= 0.6 is 0 Å². The van der Waals surface area contributed by atoms with E-state index in [0.717, 1.165) is 24.8 Å². The highest BCUT2D eigenvalue weighted by molar-refractivity contribution is 5.46. The van der Waals surface area contributed by atoms with Gasteiger partial charge in [0.25, 0.3) is 5.82 Å². The first kappa shape index (κ1) is 16.7. The van der Waals surface area contributed by atoms with Crippen molar-refractivity contribution < 1.29 is 17.6 Å². The zero-order valence-electron chi connectivity index (χ0n) is 13.5. The molecule has 1 aromatic carbocycles. The molecular weight excluding hydrogens is 350 g/mol. The number of hydrogen-bond acceptors (Lipinski definition) is 4. The van der Waals surface area contributed by atoms with Gasteiger partial charge in [-0.3, -0.25) is 0 Å². The van der Waals surface area contributed by atoms with E-state index in [-0.39, 0.29) is 23.3 Å². The summed E-state index contributed by atoms with van der Waals surface area (Å²) in [4.78, 5) is 0. The fourth-order valence-corrected chi connectivity index (χ4v) is 3.12. The Labute approximate surface area is 146 Å². The number of halogens is 4. The maximum absolute atomic E-state index is 13.2. The summed E-state index contributed by atoms with van der Waals surface area (Å²) in [6.07, 6.45) is -1.55. The van der Waals surface area contributed by atoms with Crippen LogP contribution in [0.3, 0.4) is 0 Å². The first-order chi connectivity index (χ1) is 12.4. The number of benzene rings is 1. The number of nitrogens with zero attached hydrogens (tertiary/aromatic N) is 4. The number of alkyl halides is 3. The van der Waals surface area contributed by atoms with Crippen molar-refractivity contribution in [3.63, 3.8) is 0 Å². The van der Waals surface area contributed by atoms with Crippen molar-refractivity contribution in [3.05, 3.63) is 53.6 Å². The fraction of sp³-hybridized carbons (Fsp3) is 0.353. The van der Waals surface area contributed by atoms with Crippen molar-refractivity contribution in [2.24, 2.45) is 5.92 Å². The van der Waals surface area contributed by atoms with Crippen LogP contribution in [0.2, 0.25) is 0 Å². The Morgan fingerprint density at radius 3 is 2.38 bits per heavy atom. The summed E-state index contributed by atoms with van der Waals surface area (Å²) in [7, 11) is 0. The lowest BCUT2D eigenvalue weighted by molar-refractivity contribution is -0.146. The van der Waals surface area contributed by atoms with Gasteiger partial charge < -0.3 is 5.32 Å². The molecule has 0 aliphatic heterocycles. The number of rotatable bonds is 4. The van der Waals surface area contributed by atoms with E-state index in [1.54, 1.807) is 18.2 Å². The summed E-state index contributed by atoms with van der Waals surface area (Å²) >= 11 is 0. The second kappa shape index (κ2) is 6.22. The van der Waals surface area contributed by atoms with Gasteiger partial charge in [0, 0.05) is 0 Å². The monoisotopic (exact) mass is 365 g/mol. The van der Waals surface area contributed by atoms with E-state index in [4.69, 9.17) is 0 Å². The van der Waals surface area contributed by atoms with Gasteiger partial charge >= 0.3 is 6.18 Å². The summed E-state index contributed by atoms with van der Waals surface area (Å²) in [6, 6.07) is 8.97. The summed E-state index contributed by atoms with van der Waals surface area (Å²) < 4.78 is 53.0. The molecule has 1 aliphatic rings. The summed E-state index contributed by atoms with van der Waals surface area (Å²) in [5.41, 5.74) is 0.891. The zero-order chi connectivity index (χ0) is 18.3. The van der Waals surface area contributed by atoms with Crippen LogP contribution in [0.5, 0.6) is 0 Å². The maximum atomic E-state index is 13.2. The number of anilines is 1. The number of nitrogens with one attached hydrogen (secondary N) is 1. The smallest absolute Gasteiger partial charge is 0.362 e. The number of aromatic nitrogens is 4. The standard InChI is InChI=1S/C17H15F4N5/c18-12-6-4-11(5-7-12)15(10-2-1-3-10)22-13-8-9-14-23-24-16(17(19,20)21)26(14)25-13/h4-10,15H,1-3H2,(H,22,25). The van der Waals surface area contributed by atoms with Gasteiger partial charge in [-0.15, -0.1) is 15.3 Å². The quantitative estimate of drug-likeness (QED) is 0.703. The minimum absolute atomic E-state index is 0.0184. The molecule has 136 valence electrons. The Balaban J connectivity index is 1.68. The van der Waals surface area contributed by atoms with Crippen molar-refractivity contribution in [1.29, 1.82) is 0 Å². The van der Waals surface area contributed by atoms with Crippen LogP contribution in [0.15, 0.2) is 36.4 Å². The van der Waals surface area contributed by atoms with E-state index in [1.807, 2.05) is 0 Å². The molecule has 4 rings (SSSR count). The van der Waals surface area contributed by atoms with Crippen molar-refractivity contribution in [1.82, 2.24) is 19.8 Å². The van der Waals surface area contributed by atoms with Gasteiger partial charge in [0.1, 0.15) is 11.6 Å². The first-order valence-corrected chi connectivity index (χ1v) is 8.23. The van der Waals surface area contributed by atoms with E-state index in [2.05, 4.69) is 20.6 Å². The van der Waals surface area contributed by atoms with E-state index in [0.29, 0.717) is 10.4 Å². The third kappa shape index (κ3) is 3.09. The number of fused-ring (bicyclic) bond motifs is 1. The van der Waals surface area contributed by atoms with Crippen LogP contribution in [0, 0.1) is 11.7 Å². The molecule has 2 aromatic heterocycles. The lowest BCUT2D eigenvalue weighted by atomic mass is 9.77. The molecule has 1 fully saturated rings. The minimum Gasteiger partial charge on any atom is -0.362 e. The van der Waals surface area contributed by atoms with Crippen LogP contribution in [-0.2, 0) is 6.18 Å². The molecule has 26 heavy (non-hydrogen) atoms. The summed E-state index contributed by atoms with van der Waals surface area (Å²) in [6.45, 7) is 0. The van der Waals surface area contributed by atoms with E-state index < -0.39 is 12.0 Å². The summed E-state index contributed by atoms with van der Waals surface area (Å²) in [5, 5.41) is 13.9. The van der Waals surface area contributed by atoms with Gasteiger partial charge in [0.05, 0.1) is 6.04 Å². The third-order valence-corrected chi connectivity index (χ3v) is 4.67. The molecule has 2 heterocycles. The van der Waals surface area contributed by atoms with Crippen molar-refractivity contribution >= 4 is 11.5 Å². The topological polar surface area (TPSA) is 55.1 Å². The average molecular weight is 365 g/mol. The second-order valence-electron chi connectivity index (χ2n) is 6.37. The van der Waals surface area contributed by atoms with Gasteiger partial charge in [-0.1, -0.05) is 18.6 Å². The molecule has 9 heteroatoms. The lowest BCUT2D eigenvalue weighted by Gasteiger charge is -2.35. The molecular formula is C17H15F4N5. The normalized spacial score (nSPS) is 16.5. The fourth-order valence-electron chi connectivity index (χ4n) is 3.12. The van der Waals surface area contributed by atoms with E-state index >= 15 is 0 Å². The average Bonchev–Trinajstić information content (AvgIpc) is 2.97. The molecule has 0 radical (unpaired) electrons. The largest absolute Gasteiger partial charge is 0.453 e. The van der Waals surface area contributed by atoms with Gasteiger partial charge in [0.2, 0.25) is 0 Å². The van der Waals surface area contributed by atoms with Crippen molar-refractivity contribution in [3.8, 4) is 0 Å². The third-order valence-electron chi connectivity index (χ3n) is 4.67. The first-order valence-electron chi connectivity index (χ1n) is 8.23. The molecule has 0 saturated heterocycles. The second-order valence-corrected chi connectivity index (χ2v) is 6.37. The van der Waals surface area contributed by atoms with Crippen LogP contribution in [0.25, 0.3) is 5.65 Å². The molecule has 5 nitrogen and oxygen atoms in total. The van der Waals surface area contributed by atoms with Gasteiger partial charge in [-0.05, 0) is 48.6 Å². The van der Waals surface area contributed by atoms with Crippen molar-refractivity contribution in [2.75, 3.05) is 5.32 Å². The van der Waals surface area contributed by atoms with Crippen LogP contribution in [-0.4, -0.2) is 19.8 Å². The highest BCUT2D eigenvalue weighted by Crippen LogP contribution is 2.39. The Kier molecular flexibility index (Phi) is 4.01.